The van der Waals surface area contributed by atoms with E-state index in [0.29, 0.717) is 28.6 Å². The summed E-state index contributed by atoms with van der Waals surface area (Å²) >= 11 is 0. The SMILES string of the molecule is CCN([C@H]1CCC2=Cc3c(cnn3-c3ccc(F)cc3)C[C@]2(C(=O)c2cc(C(F)(F)F)ccn2)C1)S(=O)(=O)c1ccn(C(F)F)n1. The lowest BCUT2D eigenvalue weighted by Crippen LogP contribution is -2.50. The molecule has 1 saturated carbocycles. The summed E-state index contributed by atoms with van der Waals surface area (Å²) in [6.45, 7) is -1.59. The number of allylic oxidation sites excluding steroid dienone is 1. The van der Waals surface area contributed by atoms with E-state index in [9.17, 15) is 39.6 Å². The number of carbonyl (C=O) groups excluding carboxylic acids is 1. The predicted molar refractivity (Wildman–Crippen MR) is 152 cm³/mol. The van der Waals surface area contributed by atoms with Crippen molar-refractivity contribution in [1.82, 2.24) is 28.9 Å². The highest BCUT2D eigenvalue weighted by Gasteiger charge is 2.52. The molecule has 2 aliphatic rings. The van der Waals surface area contributed by atoms with Crippen LogP contribution < -0.4 is 0 Å². The van der Waals surface area contributed by atoms with Crippen LogP contribution in [0.4, 0.5) is 26.3 Å². The third kappa shape index (κ3) is 5.42. The van der Waals surface area contributed by atoms with Gasteiger partial charge in [0, 0.05) is 25.0 Å². The number of rotatable bonds is 8. The van der Waals surface area contributed by atoms with Crippen LogP contribution in [0.3, 0.4) is 0 Å². The zero-order chi connectivity index (χ0) is 33.0. The van der Waals surface area contributed by atoms with Gasteiger partial charge >= 0.3 is 12.7 Å². The Hall–Kier alpha value is -4.31. The maximum atomic E-state index is 14.4. The topological polar surface area (TPSA) is 103 Å². The molecule has 0 N–H and O–H groups in total. The van der Waals surface area contributed by atoms with Crippen LogP contribution in [0.25, 0.3) is 11.8 Å². The average molecular weight is 665 g/mol. The van der Waals surface area contributed by atoms with E-state index in [-0.39, 0.29) is 36.9 Å². The van der Waals surface area contributed by atoms with E-state index in [2.05, 4.69) is 15.2 Å². The van der Waals surface area contributed by atoms with Crippen LogP contribution in [0.1, 0.15) is 60.0 Å². The van der Waals surface area contributed by atoms with Gasteiger partial charge in [0.15, 0.2) is 10.8 Å². The second-order valence-electron chi connectivity index (χ2n) is 11.1. The normalized spacial score (nSPS) is 20.0. The summed E-state index contributed by atoms with van der Waals surface area (Å²) < 4.78 is 111. The third-order valence-electron chi connectivity index (χ3n) is 8.54. The summed E-state index contributed by atoms with van der Waals surface area (Å²) in [6.07, 6.45) is 0.494. The van der Waals surface area contributed by atoms with Crippen molar-refractivity contribution in [3.8, 4) is 5.69 Å². The minimum atomic E-state index is -4.74. The second kappa shape index (κ2) is 11.5. The van der Waals surface area contributed by atoms with Crippen molar-refractivity contribution in [1.29, 1.82) is 0 Å². The highest BCUT2D eigenvalue weighted by molar-refractivity contribution is 7.89. The van der Waals surface area contributed by atoms with E-state index in [0.717, 1.165) is 28.8 Å². The smallest absolute Gasteiger partial charge is 0.291 e. The number of hydrogen-bond acceptors (Lipinski definition) is 6. The van der Waals surface area contributed by atoms with Crippen molar-refractivity contribution < 1.29 is 39.6 Å². The van der Waals surface area contributed by atoms with Crippen LogP contribution in [0.15, 0.2) is 71.7 Å². The molecule has 0 amide bonds. The van der Waals surface area contributed by atoms with Gasteiger partial charge < -0.3 is 0 Å². The van der Waals surface area contributed by atoms with Gasteiger partial charge in [0.05, 0.1) is 28.6 Å². The molecule has 2 atom stereocenters. The molecule has 2 aliphatic carbocycles. The van der Waals surface area contributed by atoms with Gasteiger partial charge in [-0.15, -0.1) is 0 Å². The molecule has 0 unspecified atom stereocenters. The number of nitrogens with zero attached hydrogens (tertiary/aromatic N) is 6. The maximum Gasteiger partial charge on any atom is 0.416 e. The Kier molecular flexibility index (Phi) is 7.91. The Bertz CT molecular complexity index is 1940. The molecule has 16 heteroatoms. The Labute approximate surface area is 259 Å². The highest BCUT2D eigenvalue weighted by Crippen LogP contribution is 2.51. The number of hydrogen-bond donors (Lipinski definition) is 0. The minimum absolute atomic E-state index is 0.0275. The van der Waals surface area contributed by atoms with Crippen molar-refractivity contribution in [3.05, 3.63) is 95.0 Å². The monoisotopic (exact) mass is 664 g/mol. The molecule has 1 fully saturated rings. The number of alkyl halides is 5. The van der Waals surface area contributed by atoms with E-state index in [4.69, 9.17) is 0 Å². The van der Waals surface area contributed by atoms with Crippen LogP contribution in [0.5, 0.6) is 0 Å². The number of sulfonamides is 1. The molecule has 242 valence electrons. The fourth-order valence-electron chi connectivity index (χ4n) is 6.41. The van der Waals surface area contributed by atoms with Gasteiger partial charge in [0.25, 0.3) is 10.0 Å². The van der Waals surface area contributed by atoms with Crippen LogP contribution in [0.2, 0.25) is 0 Å². The molecular formula is C30H26F6N6O3S. The quantitative estimate of drug-likeness (QED) is 0.167. The lowest BCUT2D eigenvalue weighted by molar-refractivity contribution is -0.137. The minimum Gasteiger partial charge on any atom is -0.291 e. The highest BCUT2D eigenvalue weighted by atomic mass is 32.2. The lowest BCUT2D eigenvalue weighted by atomic mass is 9.60. The molecule has 6 rings (SSSR count). The second-order valence-corrected chi connectivity index (χ2v) is 13.0. The Morgan fingerprint density at radius 1 is 1.15 bits per heavy atom. The first-order chi connectivity index (χ1) is 21.7. The molecule has 0 aliphatic heterocycles. The fraction of sp³-hybridized carbons (Fsp3) is 0.333. The number of pyridine rings is 1. The Morgan fingerprint density at radius 3 is 2.54 bits per heavy atom. The molecular weight excluding hydrogens is 638 g/mol. The summed E-state index contributed by atoms with van der Waals surface area (Å²) in [4.78, 5) is 18.4. The number of benzene rings is 1. The number of halogens is 6. The molecule has 4 aromatic rings. The van der Waals surface area contributed by atoms with Gasteiger partial charge in [-0.2, -0.15) is 36.5 Å². The van der Waals surface area contributed by atoms with Gasteiger partial charge in [0.2, 0.25) is 0 Å². The van der Waals surface area contributed by atoms with Gasteiger partial charge in [-0.05, 0) is 79.8 Å². The van der Waals surface area contributed by atoms with Crippen molar-refractivity contribution in [2.45, 2.75) is 56.4 Å². The third-order valence-corrected chi connectivity index (χ3v) is 10.5. The molecule has 9 nitrogen and oxygen atoms in total. The van der Waals surface area contributed by atoms with E-state index in [1.165, 1.54) is 30.5 Å². The average Bonchev–Trinajstić information content (AvgIpc) is 3.68. The molecule has 1 aromatic carbocycles. The number of carbonyl (C=O) groups is 1. The molecule has 0 radical (unpaired) electrons. The number of Topliss-reactive ketones (excluding diaryl/α,β-unsaturated/α-hetero) is 1. The summed E-state index contributed by atoms with van der Waals surface area (Å²) in [6, 6.07) is 7.14. The fourth-order valence-corrected chi connectivity index (χ4v) is 7.99. The first kappa shape index (κ1) is 31.7. The van der Waals surface area contributed by atoms with E-state index >= 15 is 0 Å². The largest absolute Gasteiger partial charge is 0.416 e. The number of fused-ring (bicyclic) bond motifs is 2. The first-order valence-electron chi connectivity index (χ1n) is 14.2. The molecule has 0 saturated heterocycles. The van der Waals surface area contributed by atoms with Gasteiger partial charge in [-0.25, -0.2) is 22.2 Å². The van der Waals surface area contributed by atoms with E-state index in [1.807, 2.05) is 0 Å². The summed E-state index contributed by atoms with van der Waals surface area (Å²) in [7, 11) is -4.41. The zero-order valence-corrected chi connectivity index (χ0v) is 24.9. The Morgan fingerprint density at radius 2 is 1.89 bits per heavy atom. The van der Waals surface area contributed by atoms with E-state index in [1.54, 1.807) is 17.7 Å². The van der Waals surface area contributed by atoms with Gasteiger partial charge in [0.1, 0.15) is 11.5 Å². The first-order valence-corrected chi connectivity index (χ1v) is 15.7. The molecule has 0 bridgehead atoms. The zero-order valence-electron chi connectivity index (χ0n) is 24.1. The lowest BCUT2D eigenvalue weighted by Gasteiger charge is -2.46. The summed E-state index contributed by atoms with van der Waals surface area (Å²) in [5.74, 6) is -1.17. The summed E-state index contributed by atoms with van der Waals surface area (Å²) in [5, 5.41) is 7.37. The number of ketones is 1. The van der Waals surface area contributed by atoms with Crippen molar-refractivity contribution in [3.63, 3.8) is 0 Å². The predicted octanol–water partition coefficient (Wildman–Crippen LogP) is 6.09. The Balaban J connectivity index is 1.44. The van der Waals surface area contributed by atoms with Crippen LogP contribution >= 0.6 is 0 Å². The maximum absolute atomic E-state index is 14.4. The van der Waals surface area contributed by atoms with E-state index < -0.39 is 62.1 Å². The standard InChI is InChI=1S/C30H26F6N6O3S/c1-2-41(46(44,45)26-10-12-40(39-26)28(32)33)23-6-3-19-14-25-18(17-38-42(25)22-7-4-21(31)5-8-22)15-29(19,16-23)27(43)24-13-20(9-11-37-24)30(34,35)36/h4-5,7-14,17,23,28H,2-3,6,15-16H2,1H3/t23-,29-/m0/s1. The molecule has 0 spiro atoms. The van der Waals surface area contributed by atoms with Crippen molar-refractivity contribution >= 4 is 21.9 Å². The molecule has 3 aromatic heterocycles. The van der Waals surface area contributed by atoms with Crippen LogP contribution in [-0.2, 0) is 22.6 Å². The van der Waals surface area contributed by atoms with Gasteiger partial charge in [-0.3, -0.25) is 9.78 Å². The van der Waals surface area contributed by atoms with Crippen LogP contribution in [0, 0.1) is 11.2 Å². The van der Waals surface area contributed by atoms with Crippen molar-refractivity contribution in [2.75, 3.05) is 6.54 Å². The summed E-state index contributed by atoms with van der Waals surface area (Å²) in [5.41, 5.74) is -0.744. The molecule has 46 heavy (non-hydrogen) atoms. The number of aromatic nitrogens is 5. The van der Waals surface area contributed by atoms with Crippen molar-refractivity contribution in [2.24, 2.45) is 5.41 Å². The molecule has 3 heterocycles. The van der Waals surface area contributed by atoms with Crippen LogP contribution in [-0.4, -0.2) is 55.6 Å². The van der Waals surface area contributed by atoms with Gasteiger partial charge in [-0.1, -0.05) is 12.5 Å².